The number of aromatic nitrogens is 1. The van der Waals surface area contributed by atoms with Crippen LogP contribution in [0.1, 0.15) is 13.8 Å². The summed E-state index contributed by atoms with van der Waals surface area (Å²) < 4.78 is 15.1. The number of hydrogen-bond donors (Lipinski definition) is 3. The summed E-state index contributed by atoms with van der Waals surface area (Å²) in [7, 11) is 1.66. The van der Waals surface area contributed by atoms with Crippen molar-refractivity contribution in [2.24, 2.45) is 10.2 Å². The summed E-state index contributed by atoms with van der Waals surface area (Å²) >= 11 is 0. The van der Waals surface area contributed by atoms with Gasteiger partial charge in [0.05, 0.1) is 12.6 Å². The van der Waals surface area contributed by atoms with Crippen molar-refractivity contribution in [3.8, 4) is 5.75 Å². The molecular weight excluding hydrogens is 392 g/mol. The van der Waals surface area contributed by atoms with Crippen molar-refractivity contribution in [2.45, 2.75) is 20.0 Å². The summed E-state index contributed by atoms with van der Waals surface area (Å²) in [6.45, 7) is 3.23. The predicted octanol–water partition coefficient (Wildman–Crippen LogP) is 3.14. The molecule has 0 fully saturated rings. The molecule has 0 atom stereocenters. The van der Waals surface area contributed by atoms with Crippen LogP contribution in [0.25, 0.3) is 0 Å². The molecule has 0 aliphatic heterocycles. The molecule has 0 spiro atoms. The molecule has 0 bridgehead atoms. The van der Waals surface area contributed by atoms with Gasteiger partial charge in [-0.3, -0.25) is 4.79 Å². The zero-order valence-corrected chi connectivity index (χ0v) is 16.9. The lowest BCUT2D eigenvalue weighted by molar-refractivity contribution is -0.115. The maximum Gasteiger partial charge on any atom is 0.511 e. The number of amides is 1. The minimum Gasteiger partial charge on any atom is -0.455 e. The summed E-state index contributed by atoms with van der Waals surface area (Å²) in [4.78, 5) is 27.1. The predicted molar refractivity (Wildman–Crippen MR) is 110 cm³/mol. The SMILES string of the molecule is CNCC(=O)Nc1ccc(N=Nc2ccccc2OCOC(=O)OC(C)C)c(N)n1. The molecule has 1 amide bonds. The van der Waals surface area contributed by atoms with Crippen LogP contribution in [-0.2, 0) is 14.3 Å². The number of rotatable bonds is 9. The van der Waals surface area contributed by atoms with Crippen molar-refractivity contribution in [1.82, 2.24) is 10.3 Å². The van der Waals surface area contributed by atoms with Crippen LogP contribution in [0, 0.1) is 0 Å². The number of nitrogens with two attached hydrogens (primary N) is 1. The largest absolute Gasteiger partial charge is 0.511 e. The van der Waals surface area contributed by atoms with E-state index < -0.39 is 6.16 Å². The molecule has 30 heavy (non-hydrogen) atoms. The second-order valence-electron chi connectivity index (χ2n) is 6.17. The van der Waals surface area contributed by atoms with Crippen LogP contribution in [-0.4, -0.2) is 43.5 Å². The molecule has 1 aromatic heterocycles. The lowest BCUT2D eigenvalue weighted by Crippen LogP contribution is -2.25. The van der Waals surface area contributed by atoms with Crippen molar-refractivity contribution in [2.75, 3.05) is 31.4 Å². The van der Waals surface area contributed by atoms with Gasteiger partial charge < -0.3 is 30.6 Å². The number of hydrogen-bond acceptors (Lipinski definition) is 10. The summed E-state index contributed by atoms with van der Waals surface area (Å²) in [5.41, 5.74) is 6.60. The van der Waals surface area contributed by atoms with E-state index in [1.54, 1.807) is 57.3 Å². The van der Waals surface area contributed by atoms with Crippen molar-refractivity contribution >= 4 is 35.1 Å². The quantitative estimate of drug-likeness (QED) is 0.320. The van der Waals surface area contributed by atoms with Crippen LogP contribution in [0.5, 0.6) is 5.75 Å². The Labute approximate surface area is 173 Å². The number of para-hydroxylation sites is 1. The van der Waals surface area contributed by atoms with Crippen LogP contribution in [0.2, 0.25) is 0 Å². The Kier molecular flexibility index (Phi) is 8.51. The standard InChI is InChI=1S/C19H24N6O5/c1-12(2)30-19(27)29-11-28-15-7-5-4-6-13(15)24-25-14-8-9-16(23-18(14)20)22-17(26)10-21-3/h4-9,12,21H,10-11H2,1-3H3,(H3,20,22,23,26). The van der Waals surface area contributed by atoms with Crippen LogP contribution in [0.4, 0.5) is 27.8 Å². The van der Waals surface area contributed by atoms with Crippen LogP contribution >= 0.6 is 0 Å². The first-order valence-electron chi connectivity index (χ1n) is 9.07. The van der Waals surface area contributed by atoms with Crippen molar-refractivity contribution in [3.63, 3.8) is 0 Å². The van der Waals surface area contributed by atoms with E-state index in [1.165, 1.54) is 0 Å². The number of anilines is 2. The lowest BCUT2D eigenvalue weighted by Gasteiger charge is -2.10. The first-order valence-corrected chi connectivity index (χ1v) is 9.07. The molecule has 0 unspecified atom stereocenters. The Morgan fingerprint density at radius 2 is 1.87 bits per heavy atom. The third-order valence-corrected chi connectivity index (χ3v) is 3.36. The highest BCUT2D eigenvalue weighted by molar-refractivity contribution is 5.91. The monoisotopic (exact) mass is 416 g/mol. The third-order valence-electron chi connectivity index (χ3n) is 3.36. The molecule has 1 heterocycles. The maximum atomic E-state index is 11.6. The van der Waals surface area contributed by atoms with E-state index in [2.05, 4.69) is 25.8 Å². The zero-order chi connectivity index (χ0) is 21.9. The zero-order valence-electron chi connectivity index (χ0n) is 16.9. The highest BCUT2D eigenvalue weighted by Gasteiger charge is 2.09. The van der Waals surface area contributed by atoms with Gasteiger partial charge in [-0.05, 0) is 45.2 Å². The molecule has 2 aromatic rings. The molecule has 0 radical (unpaired) electrons. The van der Waals surface area contributed by atoms with Gasteiger partial charge in [0.15, 0.2) is 11.6 Å². The highest BCUT2D eigenvalue weighted by Crippen LogP contribution is 2.30. The average molecular weight is 416 g/mol. The van der Waals surface area contributed by atoms with E-state index in [0.717, 1.165) is 0 Å². The Balaban J connectivity index is 2.02. The number of nitrogens with one attached hydrogen (secondary N) is 2. The smallest absolute Gasteiger partial charge is 0.455 e. The van der Waals surface area contributed by atoms with Crippen LogP contribution in [0.15, 0.2) is 46.6 Å². The molecule has 0 aliphatic rings. The van der Waals surface area contributed by atoms with E-state index in [0.29, 0.717) is 22.9 Å². The molecule has 11 nitrogen and oxygen atoms in total. The van der Waals surface area contributed by atoms with Gasteiger partial charge in [-0.15, -0.1) is 10.2 Å². The van der Waals surface area contributed by atoms with Gasteiger partial charge in [0.25, 0.3) is 0 Å². The molecule has 1 aromatic carbocycles. The van der Waals surface area contributed by atoms with Crippen molar-refractivity contribution < 1.29 is 23.8 Å². The minimum absolute atomic E-state index is 0.0965. The first-order chi connectivity index (χ1) is 14.4. The van der Waals surface area contributed by atoms with Crippen molar-refractivity contribution in [3.05, 3.63) is 36.4 Å². The second kappa shape index (κ2) is 11.3. The van der Waals surface area contributed by atoms with E-state index in [-0.39, 0.29) is 31.2 Å². The van der Waals surface area contributed by atoms with Crippen LogP contribution < -0.4 is 21.1 Å². The van der Waals surface area contributed by atoms with Gasteiger partial charge in [-0.1, -0.05) is 12.1 Å². The molecule has 0 saturated heterocycles. The maximum absolute atomic E-state index is 11.6. The minimum atomic E-state index is -0.829. The van der Waals surface area contributed by atoms with Gasteiger partial charge in [-0.2, -0.15) is 0 Å². The number of carbonyl (C=O) groups is 2. The molecule has 0 saturated carbocycles. The fourth-order valence-electron chi connectivity index (χ4n) is 2.11. The Morgan fingerprint density at radius 3 is 2.57 bits per heavy atom. The highest BCUT2D eigenvalue weighted by atomic mass is 16.8. The summed E-state index contributed by atoms with van der Waals surface area (Å²) in [6, 6.07) is 9.94. The Hall–Kier alpha value is -3.73. The number of carbonyl (C=O) groups excluding carboxylic acids is 2. The first kappa shape index (κ1) is 22.6. The number of ether oxygens (including phenoxy) is 3. The summed E-state index contributed by atoms with van der Waals surface area (Å²) in [5.74, 6) is 0.505. The van der Waals surface area contributed by atoms with E-state index >= 15 is 0 Å². The van der Waals surface area contributed by atoms with Crippen LogP contribution in [0.3, 0.4) is 0 Å². The number of azo groups is 1. The number of nitrogens with zero attached hydrogens (tertiary/aromatic N) is 3. The number of benzene rings is 1. The molecule has 11 heteroatoms. The fraction of sp³-hybridized carbons (Fsp3) is 0.316. The van der Waals surface area contributed by atoms with E-state index in [9.17, 15) is 9.59 Å². The number of nitrogen functional groups attached to an aromatic ring is 1. The number of pyridine rings is 1. The normalized spacial score (nSPS) is 10.8. The molecule has 2 rings (SSSR count). The van der Waals surface area contributed by atoms with Gasteiger partial charge in [0.1, 0.15) is 17.2 Å². The van der Waals surface area contributed by atoms with Gasteiger partial charge >= 0.3 is 6.16 Å². The van der Waals surface area contributed by atoms with E-state index in [1.807, 2.05) is 0 Å². The second-order valence-corrected chi connectivity index (χ2v) is 6.17. The van der Waals surface area contributed by atoms with E-state index in [4.69, 9.17) is 19.9 Å². The molecular formula is C19H24N6O5. The fourth-order valence-corrected chi connectivity index (χ4v) is 2.11. The van der Waals surface area contributed by atoms with Crippen molar-refractivity contribution in [1.29, 1.82) is 0 Å². The topological polar surface area (TPSA) is 150 Å². The van der Waals surface area contributed by atoms with Gasteiger partial charge in [-0.25, -0.2) is 9.78 Å². The molecule has 160 valence electrons. The Bertz CT molecular complexity index is 903. The van der Waals surface area contributed by atoms with Gasteiger partial charge in [0.2, 0.25) is 12.7 Å². The van der Waals surface area contributed by atoms with Gasteiger partial charge in [0, 0.05) is 0 Å². The molecule has 0 aliphatic carbocycles. The summed E-state index contributed by atoms with van der Waals surface area (Å²) in [5, 5.41) is 13.5. The Morgan fingerprint density at radius 1 is 1.13 bits per heavy atom. The average Bonchev–Trinajstić information content (AvgIpc) is 2.68. The summed E-state index contributed by atoms with van der Waals surface area (Å²) in [6.07, 6.45) is -1.12. The molecule has 4 N–H and O–H groups in total. The third kappa shape index (κ3) is 7.36. The number of likely N-dealkylation sites (N-methyl/N-ethyl adjacent to an activating group) is 1. The lowest BCUT2D eigenvalue weighted by atomic mass is 10.3.